The topological polar surface area (TPSA) is 150 Å². The summed E-state index contributed by atoms with van der Waals surface area (Å²) < 4.78 is 16.8. The standard InChI is InChI=1S/C28H51N5O8/c1-7-19(2)25(31(4)24(36)18-30-28(38)32-12-15-41-16-13-32)22(39-5)17-23(35)33-11-8-9-21(33)26(40-6)20(3)27(37)29-10-14-34/h19-22,25-26,34H,7-18H2,1-6H3,(H,29,37)(H,30,38)/t19-,20+,21-,22+,25-,26+/m0/s1. The molecule has 41 heavy (non-hydrogen) atoms. The van der Waals surface area contributed by atoms with Gasteiger partial charge in [0.1, 0.15) is 0 Å². The number of morpholine rings is 1. The van der Waals surface area contributed by atoms with E-state index in [0.717, 1.165) is 12.8 Å². The van der Waals surface area contributed by atoms with E-state index in [1.165, 1.54) is 7.11 Å². The van der Waals surface area contributed by atoms with Crippen molar-refractivity contribution in [3.8, 4) is 0 Å². The highest BCUT2D eigenvalue weighted by molar-refractivity contribution is 5.84. The number of hydrogen-bond donors (Lipinski definition) is 3. The second kappa shape index (κ2) is 17.5. The molecule has 0 unspecified atom stereocenters. The molecule has 0 aromatic rings. The van der Waals surface area contributed by atoms with Crippen LogP contribution < -0.4 is 10.6 Å². The fourth-order valence-electron chi connectivity index (χ4n) is 5.82. The summed E-state index contributed by atoms with van der Waals surface area (Å²) in [6, 6.07) is -0.985. The van der Waals surface area contributed by atoms with E-state index in [1.54, 1.807) is 35.8 Å². The van der Waals surface area contributed by atoms with Gasteiger partial charge >= 0.3 is 6.03 Å². The van der Waals surface area contributed by atoms with E-state index < -0.39 is 24.2 Å². The zero-order chi connectivity index (χ0) is 30.5. The molecule has 2 heterocycles. The lowest BCUT2D eigenvalue weighted by molar-refractivity contribution is -0.145. The number of aliphatic hydroxyl groups is 1. The smallest absolute Gasteiger partial charge is 0.317 e. The molecule has 2 aliphatic heterocycles. The van der Waals surface area contributed by atoms with Crippen LogP contribution in [0.1, 0.15) is 46.5 Å². The van der Waals surface area contributed by atoms with Crippen LogP contribution in [0.4, 0.5) is 4.79 Å². The number of likely N-dealkylation sites (N-methyl/N-ethyl adjacent to an activating group) is 1. The van der Waals surface area contributed by atoms with Gasteiger partial charge in [0.2, 0.25) is 17.7 Å². The average molecular weight is 586 g/mol. The van der Waals surface area contributed by atoms with Crippen molar-refractivity contribution < 1.29 is 38.5 Å². The highest BCUT2D eigenvalue weighted by Gasteiger charge is 2.41. The lowest BCUT2D eigenvalue weighted by Crippen LogP contribution is -2.55. The fraction of sp³-hybridized carbons (Fsp3) is 0.857. The number of nitrogens with one attached hydrogen (secondary N) is 2. The summed E-state index contributed by atoms with van der Waals surface area (Å²) in [5.74, 6) is -1.13. The Hall–Kier alpha value is -2.48. The van der Waals surface area contributed by atoms with Gasteiger partial charge in [-0.2, -0.15) is 0 Å². The minimum absolute atomic E-state index is 0.0213. The number of urea groups is 1. The first kappa shape index (κ1) is 34.7. The summed E-state index contributed by atoms with van der Waals surface area (Å²) in [6.07, 6.45) is 1.22. The predicted octanol–water partition coefficient (Wildman–Crippen LogP) is 0.0570. The summed E-state index contributed by atoms with van der Waals surface area (Å²) >= 11 is 0. The highest BCUT2D eigenvalue weighted by Crippen LogP contribution is 2.29. The summed E-state index contributed by atoms with van der Waals surface area (Å²) in [7, 11) is 4.76. The lowest BCUT2D eigenvalue weighted by atomic mass is 9.90. The van der Waals surface area contributed by atoms with Crippen LogP contribution in [0.15, 0.2) is 0 Å². The Bertz CT molecular complexity index is 855. The maximum Gasteiger partial charge on any atom is 0.317 e. The third-order valence-electron chi connectivity index (χ3n) is 8.40. The van der Waals surface area contributed by atoms with Crippen molar-refractivity contribution in [2.75, 3.05) is 73.8 Å². The Morgan fingerprint density at radius 2 is 1.76 bits per heavy atom. The lowest BCUT2D eigenvalue weighted by Gasteiger charge is -2.39. The molecule has 2 rings (SSSR count). The number of rotatable bonds is 15. The van der Waals surface area contributed by atoms with Gasteiger partial charge < -0.3 is 44.7 Å². The van der Waals surface area contributed by atoms with Crippen LogP contribution in [-0.2, 0) is 28.6 Å². The average Bonchev–Trinajstić information content (AvgIpc) is 3.48. The van der Waals surface area contributed by atoms with Crippen LogP contribution in [-0.4, -0.2) is 142 Å². The van der Waals surface area contributed by atoms with Crippen molar-refractivity contribution in [3.05, 3.63) is 0 Å². The van der Waals surface area contributed by atoms with E-state index in [1.807, 2.05) is 13.8 Å². The van der Waals surface area contributed by atoms with Crippen LogP contribution in [0.2, 0.25) is 0 Å². The second-order valence-corrected chi connectivity index (χ2v) is 10.9. The van der Waals surface area contributed by atoms with E-state index in [0.29, 0.717) is 39.3 Å². The maximum atomic E-state index is 13.7. The van der Waals surface area contributed by atoms with Crippen molar-refractivity contribution >= 4 is 23.8 Å². The number of aliphatic hydroxyl groups excluding tert-OH is 1. The van der Waals surface area contributed by atoms with E-state index in [-0.39, 0.29) is 61.8 Å². The number of likely N-dealkylation sites (tertiary alicyclic amines) is 1. The Kier molecular flexibility index (Phi) is 14.8. The number of hydrogen-bond acceptors (Lipinski definition) is 8. The minimum Gasteiger partial charge on any atom is -0.395 e. The number of ether oxygens (including phenoxy) is 3. The van der Waals surface area contributed by atoms with E-state index in [9.17, 15) is 19.2 Å². The molecule has 2 saturated heterocycles. The summed E-state index contributed by atoms with van der Waals surface area (Å²) in [6.45, 7) is 8.08. The number of amides is 5. The number of carbonyl (C=O) groups is 4. The third-order valence-corrected chi connectivity index (χ3v) is 8.40. The molecule has 6 atom stereocenters. The van der Waals surface area contributed by atoms with Crippen LogP contribution in [0.5, 0.6) is 0 Å². The van der Waals surface area contributed by atoms with Crippen molar-refractivity contribution in [1.29, 1.82) is 0 Å². The molecule has 2 fully saturated rings. The molecule has 0 aliphatic carbocycles. The zero-order valence-electron chi connectivity index (χ0n) is 25.6. The quantitative estimate of drug-likeness (QED) is 0.244. The molecule has 0 aromatic carbocycles. The number of nitrogens with zero attached hydrogens (tertiary/aromatic N) is 3. The maximum absolute atomic E-state index is 13.7. The molecule has 5 amide bonds. The van der Waals surface area contributed by atoms with Crippen LogP contribution in [0.25, 0.3) is 0 Å². The van der Waals surface area contributed by atoms with Gasteiger partial charge in [-0.05, 0) is 18.8 Å². The van der Waals surface area contributed by atoms with Gasteiger partial charge in [-0.25, -0.2) is 4.79 Å². The monoisotopic (exact) mass is 585 g/mol. The number of methoxy groups -OCH3 is 2. The molecule has 236 valence electrons. The Morgan fingerprint density at radius 3 is 2.34 bits per heavy atom. The van der Waals surface area contributed by atoms with Gasteiger partial charge in [-0.15, -0.1) is 0 Å². The molecular formula is C28H51N5O8. The largest absolute Gasteiger partial charge is 0.395 e. The molecule has 0 aromatic heterocycles. The first-order valence-corrected chi connectivity index (χ1v) is 14.7. The molecule has 0 bridgehead atoms. The SMILES string of the molecule is CC[C@H](C)[C@@H]([C@@H](CC(=O)N1CCC[C@H]1[C@H](OC)[C@@H](C)C(=O)NCCO)OC)N(C)C(=O)CNC(=O)N1CCOCC1. The van der Waals surface area contributed by atoms with Gasteiger partial charge in [-0.1, -0.05) is 27.2 Å². The molecule has 3 N–H and O–H groups in total. The van der Waals surface area contributed by atoms with Gasteiger partial charge in [0.15, 0.2) is 0 Å². The molecule has 0 spiro atoms. The Labute approximate surface area is 244 Å². The molecule has 0 radical (unpaired) electrons. The molecule has 0 saturated carbocycles. The Balaban J connectivity index is 2.10. The van der Waals surface area contributed by atoms with Crippen LogP contribution in [0, 0.1) is 11.8 Å². The second-order valence-electron chi connectivity index (χ2n) is 10.9. The van der Waals surface area contributed by atoms with Crippen molar-refractivity contribution in [3.63, 3.8) is 0 Å². The van der Waals surface area contributed by atoms with Crippen LogP contribution in [0.3, 0.4) is 0 Å². The third kappa shape index (κ3) is 9.52. The van der Waals surface area contributed by atoms with E-state index >= 15 is 0 Å². The molecule has 13 nitrogen and oxygen atoms in total. The van der Waals surface area contributed by atoms with Crippen molar-refractivity contribution in [1.82, 2.24) is 25.3 Å². The van der Waals surface area contributed by atoms with E-state index in [4.69, 9.17) is 19.3 Å². The highest BCUT2D eigenvalue weighted by atomic mass is 16.5. The van der Waals surface area contributed by atoms with Gasteiger partial charge in [-0.3, -0.25) is 14.4 Å². The van der Waals surface area contributed by atoms with Crippen molar-refractivity contribution in [2.24, 2.45) is 11.8 Å². The summed E-state index contributed by atoms with van der Waals surface area (Å²) in [5.41, 5.74) is 0. The summed E-state index contributed by atoms with van der Waals surface area (Å²) in [5, 5.41) is 14.4. The zero-order valence-corrected chi connectivity index (χ0v) is 25.6. The summed E-state index contributed by atoms with van der Waals surface area (Å²) in [4.78, 5) is 56.9. The minimum atomic E-state index is -0.575. The fourth-order valence-corrected chi connectivity index (χ4v) is 5.82. The normalized spacial score (nSPS) is 21.0. The number of carbonyl (C=O) groups excluding carboxylic acids is 4. The molecule has 2 aliphatic rings. The van der Waals surface area contributed by atoms with Crippen molar-refractivity contribution in [2.45, 2.75) is 70.7 Å². The van der Waals surface area contributed by atoms with Crippen LogP contribution >= 0.6 is 0 Å². The van der Waals surface area contributed by atoms with Gasteiger partial charge in [0.05, 0.1) is 63.0 Å². The van der Waals surface area contributed by atoms with Gasteiger partial charge in [0.25, 0.3) is 0 Å². The Morgan fingerprint density at radius 1 is 1.07 bits per heavy atom. The van der Waals surface area contributed by atoms with E-state index in [2.05, 4.69) is 10.6 Å². The molecule has 13 heteroatoms. The predicted molar refractivity (Wildman–Crippen MR) is 152 cm³/mol. The van der Waals surface area contributed by atoms with Gasteiger partial charge in [0, 0.05) is 47.4 Å². The molecular weight excluding hydrogens is 534 g/mol. The first-order valence-electron chi connectivity index (χ1n) is 14.7. The first-order chi connectivity index (χ1) is 19.6.